The standard InChI is InChI=1S/C17H16F3NO4S/c1-26(23,24)15-4-2-3-13(9-15)16(22)21-10-12-5-7-14(8-6-12)25-11-17(18,19)20/h2-9H,10-11H2,1H3,(H,21,22). The molecule has 140 valence electrons. The monoisotopic (exact) mass is 387 g/mol. The van der Waals surface area contributed by atoms with Crippen LogP contribution in [-0.4, -0.2) is 33.4 Å². The van der Waals surface area contributed by atoms with Crippen LogP contribution in [0.3, 0.4) is 0 Å². The molecule has 0 spiro atoms. The van der Waals surface area contributed by atoms with Crippen LogP contribution >= 0.6 is 0 Å². The molecule has 1 amide bonds. The van der Waals surface area contributed by atoms with Crippen LogP contribution in [0.1, 0.15) is 15.9 Å². The second-order valence-electron chi connectivity index (χ2n) is 5.53. The number of alkyl halides is 3. The number of carbonyl (C=O) groups is 1. The van der Waals surface area contributed by atoms with Crippen molar-refractivity contribution >= 4 is 15.7 Å². The lowest BCUT2D eigenvalue weighted by Gasteiger charge is -2.10. The fourth-order valence-electron chi connectivity index (χ4n) is 2.02. The normalized spacial score (nSPS) is 11.8. The molecule has 1 N–H and O–H groups in total. The summed E-state index contributed by atoms with van der Waals surface area (Å²) in [6.07, 6.45) is -3.36. The molecule has 0 aliphatic carbocycles. The van der Waals surface area contributed by atoms with E-state index in [1.165, 1.54) is 48.5 Å². The van der Waals surface area contributed by atoms with Gasteiger partial charge in [0.25, 0.3) is 5.91 Å². The predicted octanol–water partition coefficient (Wildman–Crippen LogP) is 2.96. The van der Waals surface area contributed by atoms with E-state index in [1.807, 2.05) is 0 Å². The number of amides is 1. The van der Waals surface area contributed by atoms with E-state index in [1.54, 1.807) is 0 Å². The summed E-state index contributed by atoms with van der Waals surface area (Å²) in [6.45, 7) is -1.25. The van der Waals surface area contributed by atoms with Crippen molar-refractivity contribution in [1.82, 2.24) is 5.32 Å². The Balaban J connectivity index is 1.95. The van der Waals surface area contributed by atoms with Crippen molar-refractivity contribution in [3.63, 3.8) is 0 Å². The quantitative estimate of drug-likeness (QED) is 0.827. The summed E-state index contributed by atoms with van der Waals surface area (Å²) in [5.74, 6) is -0.397. The number of halogens is 3. The molecule has 9 heteroatoms. The number of carbonyl (C=O) groups excluding carboxylic acids is 1. The van der Waals surface area contributed by atoms with Gasteiger partial charge in [-0.05, 0) is 35.9 Å². The van der Waals surface area contributed by atoms with E-state index in [0.29, 0.717) is 5.56 Å². The van der Waals surface area contributed by atoms with Gasteiger partial charge in [0.2, 0.25) is 0 Å². The summed E-state index contributed by atoms with van der Waals surface area (Å²) in [6, 6.07) is 11.4. The van der Waals surface area contributed by atoms with Gasteiger partial charge in [0.05, 0.1) is 4.90 Å². The fourth-order valence-corrected chi connectivity index (χ4v) is 2.69. The largest absolute Gasteiger partial charge is 0.484 e. The lowest BCUT2D eigenvalue weighted by Crippen LogP contribution is -2.23. The summed E-state index contributed by atoms with van der Waals surface area (Å²) in [5, 5.41) is 2.62. The maximum atomic E-state index is 12.1. The number of nitrogens with one attached hydrogen (secondary N) is 1. The zero-order chi connectivity index (χ0) is 19.4. The highest BCUT2D eigenvalue weighted by molar-refractivity contribution is 7.90. The van der Waals surface area contributed by atoms with Gasteiger partial charge in [0, 0.05) is 18.4 Å². The van der Waals surface area contributed by atoms with Gasteiger partial charge in [-0.25, -0.2) is 8.42 Å². The Morgan fingerprint density at radius 1 is 1.12 bits per heavy atom. The molecule has 0 saturated heterocycles. The van der Waals surface area contributed by atoms with Crippen LogP contribution in [0.5, 0.6) is 5.75 Å². The van der Waals surface area contributed by atoms with E-state index in [-0.39, 0.29) is 22.8 Å². The van der Waals surface area contributed by atoms with Crippen LogP contribution in [0.4, 0.5) is 13.2 Å². The van der Waals surface area contributed by atoms with E-state index >= 15 is 0 Å². The summed E-state index contributed by atoms with van der Waals surface area (Å²) in [5.41, 5.74) is 0.843. The van der Waals surface area contributed by atoms with Gasteiger partial charge in [-0.2, -0.15) is 13.2 Å². The summed E-state index contributed by atoms with van der Waals surface area (Å²) in [7, 11) is -3.42. The zero-order valence-electron chi connectivity index (χ0n) is 13.7. The number of sulfone groups is 1. The van der Waals surface area contributed by atoms with Gasteiger partial charge >= 0.3 is 6.18 Å². The van der Waals surface area contributed by atoms with Crippen LogP contribution < -0.4 is 10.1 Å². The molecule has 26 heavy (non-hydrogen) atoms. The molecule has 0 saturated carbocycles. The zero-order valence-corrected chi connectivity index (χ0v) is 14.5. The number of hydrogen-bond donors (Lipinski definition) is 1. The molecular weight excluding hydrogens is 371 g/mol. The Morgan fingerprint density at radius 3 is 2.35 bits per heavy atom. The summed E-state index contributed by atoms with van der Waals surface area (Å²) >= 11 is 0. The SMILES string of the molecule is CS(=O)(=O)c1cccc(C(=O)NCc2ccc(OCC(F)(F)F)cc2)c1. The van der Waals surface area contributed by atoms with Crippen molar-refractivity contribution in [3.8, 4) is 5.75 Å². The first-order valence-corrected chi connectivity index (χ1v) is 9.30. The van der Waals surface area contributed by atoms with Crippen molar-refractivity contribution in [1.29, 1.82) is 0 Å². The van der Waals surface area contributed by atoms with E-state index in [0.717, 1.165) is 6.26 Å². The van der Waals surface area contributed by atoms with Crippen LogP contribution in [0.2, 0.25) is 0 Å². The van der Waals surface area contributed by atoms with Gasteiger partial charge < -0.3 is 10.1 Å². The molecule has 0 aromatic heterocycles. The first kappa shape index (κ1) is 19.8. The second-order valence-corrected chi connectivity index (χ2v) is 7.55. The molecule has 0 bridgehead atoms. The number of rotatable bonds is 6. The van der Waals surface area contributed by atoms with E-state index in [4.69, 9.17) is 0 Å². The molecule has 0 radical (unpaired) electrons. The van der Waals surface area contributed by atoms with Crippen molar-refractivity contribution in [2.75, 3.05) is 12.9 Å². The Morgan fingerprint density at radius 2 is 1.77 bits per heavy atom. The molecule has 0 aliphatic rings. The van der Waals surface area contributed by atoms with E-state index in [2.05, 4.69) is 10.1 Å². The molecule has 0 atom stereocenters. The third-order valence-corrected chi connectivity index (χ3v) is 4.41. The minimum atomic E-state index is -4.41. The highest BCUT2D eigenvalue weighted by Gasteiger charge is 2.28. The smallest absolute Gasteiger partial charge is 0.422 e. The maximum absolute atomic E-state index is 12.1. The highest BCUT2D eigenvalue weighted by Crippen LogP contribution is 2.19. The van der Waals surface area contributed by atoms with E-state index < -0.39 is 28.5 Å². The lowest BCUT2D eigenvalue weighted by molar-refractivity contribution is -0.153. The maximum Gasteiger partial charge on any atom is 0.422 e. The first-order chi connectivity index (χ1) is 12.0. The third-order valence-electron chi connectivity index (χ3n) is 3.30. The lowest BCUT2D eigenvalue weighted by atomic mass is 10.2. The first-order valence-electron chi connectivity index (χ1n) is 7.41. The Labute approximate surface area is 148 Å². The van der Waals surface area contributed by atoms with Gasteiger partial charge in [-0.15, -0.1) is 0 Å². The molecule has 0 fully saturated rings. The van der Waals surface area contributed by atoms with Crippen molar-refractivity contribution in [2.45, 2.75) is 17.6 Å². The van der Waals surface area contributed by atoms with Gasteiger partial charge in [0.15, 0.2) is 16.4 Å². The topological polar surface area (TPSA) is 72.5 Å². The highest BCUT2D eigenvalue weighted by atomic mass is 32.2. The van der Waals surface area contributed by atoms with Crippen molar-refractivity contribution in [2.24, 2.45) is 0 Å². The summed E-state index contributed by atoms with van der Waals surface area (Å²) in [4.78, 5) is 12.2. The molecular formula is C17H16F3NO4S. The van der Waals surface area contributed by atoms with E-state index in [9.17, 15) is 26.4 Å². The van der Waals surface area contributed by atoms with Crippen molar-refractivity contribution < 1.29 is 31.1 Å². The second kappa shape index (κ2) is 7.77. The molecule has 5 nitrogen and oxygen atoms in total. The number of benzene rings is 2. The number of ether oxygens (including phenoxy) is 1. The van der Waals surface area contributed by atoms with Gasteiger partial charge in [-0.1, -0.05) is 18.2 Å². The molecule has 2 rings (SSSR count). The molecule has 2 aromatic rings. The van der Waals surface area contributed by atoms with Crippen molar-refractivity contribution in [3.05, 3.63) is 59.7 Å². The van der Waals surface area contributed by atoms with Crippen LogP contribution in [0, 0.1) is 0 Å². The summed E-state index contributed by atoms with van der Waals surface area (Å²) < 4.78 is 63.9. The molecule has 0 aliphatic heterocycles. The number of hydrogen-bond acceptors (Lipinski definition) is 4. The molecule has 0 unspecified atom stereocenters. The van der Waals surface area contributed by atoms with Crippen LogP contribution in [0.15, 0.2) is 53.4 Å². The Hall–Kier alpha value is -2.55. The molecule has 0 heterocycles. The predicted molar refractivity (Wildman–Crippen MR) is 88.7 cm³/mol. The molecule has 2 aromatic carbocycles. The Bertz CT molecular complexity index is 878. The van der Waals surface area contributed by atoms with Gasteiger partial charge in [0.1, 0.15) is 5.75 Å². The van der Waals surface area contributed by atoms with Gasteiger partial charge in [-0.3, -0.25) is 4.79 Å². The Kier molecular flexibility index (Phi) is 5.91. The van der Waals surface area contributed by atoms with Crippen LogP contribution in [-0.2, 0) is 16.4 Å². The minimum absolute atomic E-state index is 0.0383. The average molecular weight is 387 g/mol. The van der Waals surface area contributed by atoms with Crippen LogP contribution in [0.25, 0.3) is 0 Å². The third kappa shape index (κ3) is 6.07. The average Bonchev–Trinajstić information content (AvgIpc) is 2.57. The fraction of sp³-hybridized carbons (Fsp3) is 0.235. The minimum Gasteiger partial charge on any atom is -0.484 e.